The number of likely N-dealkylation sites (tertiary alicyclic amines) is 1. The fraction of sp³-hybridized carbons (Fsp3) is 0.643. The number of fused-ring (bicyclic) bond motifs is 5. The Morgan fingerprint density at radius 1 is 1.30 bits per heavy atom. The molecule has 20 heavy (non-hydrogen) atoms. The van der Waals surface area contributed by atoms with Gasteiger partial charge in [0.15, 0.2) is 0 Å². The molecule has 2 aliphatic carbocycles. The summed E-state index contributed by atoms with van der Waals surface area (Å²) in [6.07, 6.45) is 5.72. The minimum atomic E-state index is -0.638. The van der Waals surface area contributed by atoms with Crippen molar-refractivity contribution in [1.29, 1.82) is 0 Å². The smallest absolute Gasteiger partial charge is 0.316 e. The van der Waals surface area contributed by atoms with Crippen LogP contribution in [-0.2, 0) is 11.3 Å². The lowest BCUT2D eigenvalue weighted by Crippen LogP contribution is -2.41. The largest absolute Gasteiger partial charge is 0.339 e. The van der Waals surface area contributed by atoms with Crippen LogP contribution >= 0.6 is 0 Å². The Bertz CT molecular complexity index is 677. The molecule has 6 heteroatoms. The van der Waals surface area contributed by atoms with Crippen molar-refractivity contribution in [2.45, 2.75) is 31.8 Å². The number of aromatic nitrogens is 2. The number of carbonyl (C=O) groups is 1. The Hall–Kier alpha value is -1.85. The van der Waals surface area contributed by atoms with E-state index in [9.17, 15) is 14.4 Å². The van der Waals surface area contributed by atoms with Gasteiger partial charge in [0.05, 0.1) is 0 Å². The predicted octanol–water partition coefficient (Wildman–Crippen LogP) is -0.206. The van der Waals surface area contributed by atoms with Crippen LogP contribution in [0.25, 0.3) is 0 Å². The van der Waals surface area contributed by atoms with Gasteiger partial charge in [0.2, 0.25) is 5.91 Å². The molecule has 106 valence electrons. The minimum absolute atomic E-state index is 0.120. The Morgan fingerprint density at radius 2 is 2.15 bits per heavy atom. The lowest BCUT2D eigenvalue weighted by Gasteiger charge is -2.27. The van der Waals surface area contributed by atoms with Gasteiger partial charge in [0.1, 0.15) is 0 Å². The molecule has 3 aliphatic rings. The molecule has 6 nitrogen and oxygen atoms in total. The first kappa shape index (κ1) is 11.9. The molecular weight excluding hydrogens is 258 g/mol. The first-order valence-corrected chi connectivity index (χ1v) is 7.23. The summed E-state index contributed by atoms with van der Waals surface area (Å²) in [7, 11) is 0. The van der Waals surface area contributed by atoms with Crippen LogP contribution in [0.3, 0.4) is 0 Å². The predicted molar refractivity (Wildman–Crippen MR) is 71.1 cm³/mol. The van der Waals surface area contributed by atoms with E-state index in [1.54, 1.807) is 0 Å². The molecule has 4 rings (SSSR count). The van der Waals surface area contributed by atoms with Crippen LogP contribution in [0.2, 0.25) is 0 Å². The van der Waals surface area contributed by atoms with Gasteiger partial charge in [-0.3, -0.25) is 14.4 Å². The molecule has 2 heterocycles. The van der Waals surface area contributed by atoms with Gasteiger partial charge < -0.3 is 14.5 Å². The highest BCUT2D eigenvalue weighted by Crippen LogP contribution is 2.61. The number of H-pyrrole nitrogens is 1. The van der Waals surface area contributed by atoms with E-state index >= 15 is 0 Å². The summed E-state index contributed by atoms with van der Waals surface area (Å²) in [4.78, 5) is 39.4. The molecule has 1 saturated heterocycles. The lowest BCUT2D eigenvalue weighted by atomic mass is 10.1. The van der Waals surface area contributed by atoms with Crippen LogP contribution in [0.1, 0.15) is 19.3 Å². The number of carbonyl (C=O) groups excluding carboxylic acids is 1. The normalized spacial score (nSPS) is 33.3. The summed E-state index contributed by atoms with van der Waals surface area (Å²) in [6.45, 7) is 1.18. The molecule has 1 amide bonds. The third kappa shape index (κ3) is 1.67. The van der Waals surface area contributed by atoms with Gasteiger partial charge in [-0.1, -0.05) is 0 Å². The van der Waals surface area contributed by atoms with E-state index in [-0.39, 0.29) is 12.5 Å². The van der Waals surface area contributed by atoms with Crippen LogP contribution < -0.4 is 11.1 Å². The van der Waals surface area contributed by atoms with Gasteiger partial charge in [-0.25, -0.2) is 0 Å². The summed E-state index contributed by atoms with van der Waals surface area (Å²) in [6, 6.07) is 0.452. The van der Waals surface area contributed by atoms with Crippen molar-refractivity contribution in [3.63, 3.8) is 0 Å². The zero-order valence-corrected chi connectivity index (χ0v) is 11.1. The molecule has 0 aromatic carbocycles. The van der Waals surface area contributed by atoms with Crippen molar-refractivity contribution in [2.24, 2.45) is 17.8 Å². The van der Waals surface area contributed by atoms with Crippen LogP contribution in [0.4, 0.5) is 0 Å². The average molecular weight is 275 g/mol. The maximum atomic E-state index is 12.3. The van der Waals surface area contributed by atoms with Crippen molar-refractivity contribution in [2.75, 3.05) is 6.54 Å². The maximum absolute atomic E-state index is 12.3. The molecule has 1 aromatic heterocycles. The number of nitrogens with one attached hydrogen (secondary N) is 1. The fourth-order valence-corrected chi connectivity index (χ4v) is 4.12. The Balaban J connectivity index is 1.43. The first-order valence-electron chi connectivity index (χ1n) is 7.23. The molecule has 4 atom stereocenters. The molecule has 3 fully saturated rings. The number of piperidine rings is 1. The summed E-state index contributed by atoms with van der Waals surface area (Å²) < 4.78 is 1.31. The van der Waals surface area contributed by atoms with E-state index in [1.165, 1.54) is 29.8 Å². The number of hydrogen-bond donors (Lipinski definition) is 1. The van der Waals surface area contributed by atoms with Crippen molar-refractivity contribution in [1.82, 2.24) is 14.5 Å². The van der Waals surface area contributed by atoms with E-state index < -0.39 is 11.1 Å². The minimum Gasteiger partial charge on any atom is -0.339 e. The van der Waals surface area contributed by atoms with E-state index in [4.69, 9.17) is 0 Å². The van der Waals surface area contributed by atoms with Crippen LogP contribution in [-0.4, -0.2) is 32.9 Å². The summed E-state index contributed by atoms with van der Waals surface area (Å²) in [5.41, 5.74) is -1.23. The summed E-state index contributed by atoms with van der Waals surface area (Å²) >= 11 is 0. The lowest BCUT2D eigenvalue weighted by molar-refractivity contribution is -0.133. The highest BCUT2D eigenvalue weighted by Gasteiger charge is 2.61. The monoisotopic (exact) mass is 275 g/mol. The highest BCUT2D eigenvalue weighted by atomic mass is 16.2. The number of rotatable bonds is 3. The van der Waals surface area contributed by atoms with Crippen molar-refractivity contribution >= 4 is 5.91 Å². The van der Waals surface area contributed by atoms with Crippen LogP contribution in [0, 0.1) is 17.8 Å². The molecule has 1 aliphatic heterocycles. The number of aromatic amines is 1. The SMILES string of the molecule is O=C(CCn1cc[nH]c(=O)c1=O)N1C[C@@H]2C[C@H]1[C@H]1C[C@@H]21. The van der Waals surface area contributed by atoms with Crippen molar-refractivity contribution in [3.05, 3.63) is 33.1 Å². The molecule has 2 saturated carbocycles. The highest BCUT2D eigenvalue weighted by molar-refractivity contribution is 5.77. The second-order valence-corrected chi connectivity index (χ2v) is 6.21. The van der Waals surface area contributed by atoms with Gasteiger partial charge in [0, 0.05) is 37.9 Å². The Kier molecular flexibility index (Phi) is 2.43. The van der Waals surface area contributed by atoms with E-state index in [1.807, 2.05) is 4.90 Å². The molecule has 2 bridgehead atoms. The molecule has 0 unspecified atom stereocenters. The quantitative estimate of drug-likeness (QED) is 0.776. The van der Waals surface area contributed by atoms with Crippen LogP contribution in [0.15, 0.2) is 22.0 Å². The van der Waals surface area contributed by atoms with Gasteiger partial charge in [-0.15, -0.1) is 0 Å². The second-order valence-electron chi connectivity index (χ2n) is 6.21. The molecule has 1 aromatic rings. The van der Waals surface area contributed by atoms with Gasteiger partial charge in [-0.05, 0) is 30.6 Å². The first-order chi connectivity index (χ1) is 9.65. The Labute approximate surface area is 115 Å². The van der Waals surface area contributed by atoms with Crippen molar-refractivity contribution < 1.29 is 4.79 Å². The fourth-order valence-electron chi connectivity index (χ4n) is 4.12. The number of hydrogen-bond acceptors (Lipinski definition) is 3. The molecule has 0 spiro atoms. The Morgan fingerprint density at radius 3 is 2.90 bits per heavy atom. The maximum Gasteiger partial charge on any atom is 0.316 e. The number of amides is 1. The van der Waals surface area contributed by atoms with Gasteiger partial charge in [-0.2, -0.15) is 0 Å². The van der Waals surface area contributed by atoms with Crippen molar-refractivity contribution in [3.8, 4) is 0 Å². The number of nitrogens with zero attached hydrogens (tertiary/aromatic N) is 2. The third-order valence-corrected chi connectivity index (χ3v) is 5.18. The molecule has 0 radical (unpaired) electrons. The van der Waals surface area contributed by atoms with Gasteiger partial charge >= 0.3 is 11.1 Å². The number of aryl methyl sites for hydroxylation is 1. The zero-order valence-electron chi connectivity index (χ0n) is 11.1. The van der Waals surface area contributed by atoms with Gasteiger partial charge in [0.25, 0.3) is 0 Å². The average Bonchev–Trinajstić information content (AvgIpc) is 3.05. The van der Waals surface area contributed by atoms with Crippen LogP contribution in [0.5, 0.6) is 0 Å². The molecule has 1 N–H and O–H groups in total. The summed E-state index contributed by atoms with van der Waals surface area (Å²) in [5.74, 6) is 2.48. The van der Waals surface area contributed by atoms with E-state index in [0.717, 1.165) is 24.3 Å². The topological polar surface area (TPSA) is 75.2 Å². The van der Waals surface area contributed by atoms with E-state index in [0.29, 0.717) is 12.5 Å². The zero-order chi connectivity index (χ0) is 13.9. The van der Waals surface area contributed by atoms with E-state index in [2.05, 4.69) is 4.98 Å². The third-order valence-electron chi connectivity index (χ3n) is 5.18. The molecular formula is C14H17N3O3. The standard InChI is InChI=1S/C14H17N3O3/c18-12(1-3-16-4-2-15-13(19)14(16)20)17-7-8-5-11(17)10-6-9(8)10/h2,4,8-11H,1,3,5-7H2,(H,15,19)/t8-,9-,10-,11-/m0/s1. The second kappa shape index (κ2) is 4.07. The summed E-state index contributed by atoms with van der Waals surface area (Å²) in [5, 5.41) is 0.